The first kappa shape index (κ1) is 24.5. The van der Waals surface area contributed by atoms with Crippen LogP contribution >= 0.6 is 15.9 Å². The number of carbonyl (C=O) groups is 3. The first-order valence-electron chi connectivity index (χ1n) is 11.6. The zero-order valence-electron chi connectivity index (χ0n) is 20.5. The van der Waals surface area contributed by atoms with Gasteiger partial charge >= 0.3 is 5.97 Å². The van der Waals surface area contributed by atoms with Gasteiger partial charge in [-0.2, -0.15) is 0 Å². The van der Waals surface area contributed by atoms with E-state index in [4.69, 9.17) is 4.74 Å². The average molecular weight is 555 g/mol. The second-order valence-electron chi connectivity index (χ2n) is 8.74. The van der Waals surface area contributed by atoms with E-state index in [1.807, 2.05) is 56.3 Å². The Kier molecular flexibility index (Phi) is 6.39. The molecule has 2 amide bonds. The Morgan fingerprint density at radius 3 is 2.05 bits per heavy atom. The van der Waals surface area contributed by atoms with Gasteiger partial charge in [-0.3, -0.25) is 9.59 Å². The molecule has 0 fully saturated rings. The van der Waals surface area contributed by atoms with Gasteiger partial charge in [-0.25, -0.2) is 9.69 Å². The number of rotatable bonds is 5. The molecule has 7 heteroatoms. The van der Waals surface area contributed by atoms with Gasteiger partial charge in [-0.15, -0.1) is 0 Å². The second kappa shape index (κ2) is 9.67. The molecule has 0 saturated carbocycles. The number of amides is 2. The average Bonchev–Trinajstić information content (AvgIpc) is 3.16. The first-order valence-corrected chi connectivity index (χ1v) is 12.4. The molecule has 1 heterocycles. The Bertz CT molecular complexity index is 1560. The first-order chi connectivity index (χ1) is 17.8. The van der Waals surface area contributed by atoms with Crippen LogP contribution in [0.2, 0.25) is 0 Å². The van der Waals surface area contributed by atoms with Gasteiger partial charge < -0.3 is 10.1 Å². The molecular formula is C30H23BrN2O4. The topological polar surface area (TPSA) is 75.7 Å². The highest BCUT2D eigenvalue weighted by Crippen LogP contribution is 2.45. The Hall–Kier alpha value is -4.23. The number of aryl methyl sites for hydroxylation is 2. The van der Waals surface area contributed by atoms with E-state index in [0.29, 0.717) is 16.9 Å². The van der Waals surface area contributed by atoms with Crippen LogP contribution in [0, 0.1) is 13.8 Å². The highest BCUT2D eigenvalue weighted by molar-refractivity contribution is 9.10. The number of ether oxygens (including phenoxy) is 1. The Labute approximate surface area is 223 Å². The van der Waals surface area contributed by atoms with Crippen molar-refractivity contribution in [3.05, 3.63) is 111 Å². The van der Waals surface area contributed by atoms with E-state index in [2.05, 4.69) is 21.2 Å². The monoisotopic (exact) mass is 554 g/mol. The molecule has 0 unspecified atom stereocenters. The molecule has 0 radical (unpaired) electrons. The maximum atomic E-state index is 14.0. The number of esters is 1. The van der Waals surface area contributed by atoms with Crippen molar-refractivity contribution < 1.29 is 19.1 Å². The molecule has 37 heavy (non-hydrogen) atoms. The number of carbonyl (C=O) groups excluding carboxylic acids is 3. The van der Waals surface area contributed by atoms with E-state index in [1.54, 1.807) is 36.4 Å². The van der Waals surface area contributed by atoms with E-state index in [9.17, 15) is 14.4 Å². The summed E-state index contributed by atoms with van der Waals surface area (Å²) in [6.07, 6.45) is 0. The van der Waals surface area contributed by atoms with Gasteiger partial charge in [0, 0.05) is 15.7 Å². The quantitative estimate of drug-likeness (QED) is 0.211. The minimum absolute atomic E-state index is 0.0187. The Morgan fingerprint density at radius 2 is 1.41 bits per heavy atom. The Morgan fingerprint density at radius 1 is 0.784 bits per heavy atom. The van der Waals surface area contributed by atoms with Crippen molar-refractivity contribution in [2.75, 3.05) is 17.3 Å². The molecule has 5 rings (SSSR count). The molecule has 184 valence electrons. The summed E-state index contributed by atoms with van der Waals surface area (Å²) in [6.45, 7) is 3.94. The molecule has 0 atom stereocenters. The van der Waals surface area contributed by atoms with Crippen molar-refractivity contribution in [2.45, 2.75) is 13.8 Å². The van der Waals surface area contributed by atoms with Crippen LogP contribution < -0.4 is 10.2 Å². The predicted octanol–water partition coefficient (Wildman–Crippen LogP) is 7.06. The smallest absolute Gasteiger partial charge is 0.338 e. The number of para-hydroxylation sites is 2. The molecule has 4 aromatic carbocycles. The summed E-state index contributed by atoms with van der Waals surface area (Å²) in [5.41, 5.74) is 5.16. The summed E-state index contributed by atoms with van der Waals surface area (Å²) >= 11 is 3.61. The fourth-order valence-corrected chi connectivity index (χ4v) is 5.17. The third kappa shape index (κ3) is 4.11. The molecule has 0 spiro atoms. The van der Waals surface area contributed by atoms with Crippen molar-refractivity contribution in [1.82, 2.24) is 0 Å². The fraction of sp³-hybridized carbons (Fsp3) is 0.100. The van der Waals surface area contributed by atoms with Crippen molar-refractivity contribution in [3.8, 4) is 11.1 Å². The van der Waals surface area contributed by atoms with Crippen molar-refractivity contribution in [1.29, 1.82) is 0 Å². The molecule has 0 bridgehead atoms. The zero-order chi connectivity index (χ0) is 26.3. The second-order valence-corrected chi connectivity index (χ2v) is 9.60. The van der Waals surface area contributed by atoms with Crippen LogP contribution in [0.4, 0.5) is 17.1 Å². The minimum Gasteiger partial charge on any atom is -0.465 e. The molecule has 0 saturated heterocycles. The van der Waals surface area contributed by atoms with Crippen LogP contribution in [-0.2, 0) is 4.74 Å². The molecule has 1 aliphatic rings. The summed E-state index contributed by atoms with van der Waals surface area (Å²) in [5, 5.41) is 3.47. The summed E-state index contributed by atoms with van der Waals surface area (Å²) < 4.78 is 5.82. The van der Waals surface area contributed by atoms with Crippen LogP contribution in [0.3, 0.4) is 0 Å². The number of nitrogens with zero attached hydrogens (tertiary/aromatic N) is 1. The molecule has 1 N–H and O–H groups in total. The summed E-state index contributed by atoms with van der Waals surface area (Å²) in [6, 6.07) is 23.7. The molecule has 0 aliphatic carbocycles. The SMILES string of the molecule is COC(=O)c1cc(-c2ccccc2Br)c(Nc2c(C)cccc2C)c2c1C(=O)N(c1ccccc1)C2=O. The van der Waals surface area contributed by atoms with Crippen molar-refractivity contribution in [3.63, 3.8) is 0 Å². The highest BCUT2D eigenvalue weighted by Gasteiger charge is 2.43. The number of halogens is 1. The largest absolute Gasteiger partial charge is 0.465 e. The van der Waals surface area contributed by atoms with Crippen LogP contribution in [0.5, 0.6) is 0 Å². The minimum atomic E-state index is -0.695. The van der Waals surface area contributed by atoms with E-state index in [-0.39, 0.29) is 16.7 Å². The van der Waals surface area contributed by atoms with E-state index in [0.717, 1.165) is 31.8 Å². The number of imide groups is 1. The molecule has 1 aliphatic heterocycles. The number of hydrogen-bond acceptors (Lipinski definition) is 5. The molecule has 6 nitrogen and oxygen atoms in total. The normalized spacial score (nSPS) is 12.5. The van der Waals surface area contributed by atoms with E-state index < -0.39 is 17.8 Å². The van der Waals surface area contributed by atoms with E-state index >= 15 is 0 Å². The number of nitrogens with one attached hydrogen (secondary N) is 1. The van der Waals surface area contributed by atoms with Crippen molar-refractivity contribution >= 4 is 50.8 Å². The van der Waals surface area contributed by atoms with Gasteiger partial charge in [0.15, 0.2) is 0 Å². The zero-order valence-corrected chi connectivity index (χ0v) is 22.0. The molecule has 4 aromatic rings. The van der Waals surface area contributed by atoms with Crippen LogP contribution in [-0.4, -0.2) is 24.9 Å². The fourth-order valence-electron chi connectivity index (χ4n) is 4.68. The van der Waals surface area contributed by atoms with Gasteiger partial charge in [0.2, 0.25) is 0 Å². The lowest BCUT2D eigenvalue weighted by Gasteiger charge is -2.20. The van der Waals surface area contributed by atoms with E-state index in [1.165, 1.54) is 7.11 Å². The third-order valence-corrected chi connectivity index (χ3v) is 7.17. The maximum Gasteiger partial charge on any atom is 0.338 e. The lowest BCUT2D eigenvalue weighted by molar-refractivity contribution is 0.0597. The lowest BCUT2D eigenvalue weighted by atomic mass is 9.92. The van der Waals surface area contributed by atoms with Gasteiger partial charge in [0.25, 0.3) is 11.8 Å². The standard InChI is InChI=1S/C30H23BrN2O4/c1-17-10-9-11-18(2)26(17)32-27-21(20-14-7-8-15-23(20)31)16-22(30(36)37-3)24-25(27)29(35)33(28(24)34)19-12-5-4-6-13-19/h4-16,32H,1-3H3. The summed E-state index contributed by atoms with van der Waals surface area (Å²) in [4.78, 5) is 41.9. The number of methoxy groups -OCH3 is 1. The van der Waals surface area contributed by atoms with Crippen LogP contribution in [0.15, 0.2) is 83.3 Å². The molecule has 0 aromatic heterocycles. The van der Waals surface area contributed by atoms with Crippen molar-refractivity contribution in [2.24, 2.45) is 0 Å². The predicted molar refractivity (Wildman–Crippen MR) is 148 cm³/mol. The highest BCUT2D eigenvalue weighted by atomic mass is 79.9. The number of benzene rings is 4. The summed E-state index contributed by atoms with van der Waals surface area (Å²) in [7, 11) is 1.26. The summed E-state index contributed by atoms with van der Waals surface area (Å²) in [5.74, 6) is -1.78. The maximum absolute atomic E-state index is 14.0. The number of anilines is 3. The van der Waals surface area contributed by atoms with Gasteiger partial charge in [-0.05, 0) is 54.8 Å². The lowest BCUT2D eigenvalue weighted by Crippen LogP contribution is -2.29. The van der Waals surface area contributed by atoms with Crippen LogP contribution in [0.1, 0.15) is 42.2 Å². The van der Waals surface area contributed by atoms with Gasteiger partial charge in [-0.1, -0.05) is 70.5 Å². The van der Waals surface area contributed by atoms with Gasteiger partial charge in [0.05, 0.1) is 35.2 Å². The molecular weight excluding hydrogens is 532 g/mol. The Balaban J connectivity index is 1.86. The van der Waals surface area contributed by atoms with Crippen LogP contribution in [0.25, 0.3) is 11.1 Å². The number of fused-ring (bicyclic) bond motifs is 1. The van der Waals surface area contributed by atoms with Gasteiger partial charge in [0.1, 0.15) is 0 Å². The third-order valence-electron chi connectivity index (χ3n) is 6.48. The number of hydrogen-bond donors (Lipinski definition) is 1.